The first kappa shape index (κ1) is 13.8. The molecule has 1 aromatic rings. The third-order valence-electron chi connectivity index (χ3n) is 2.49. The Morgan fingerprint density at radius 1 is 1.25 bits per heavy atom. The van der Waals surface area contributed by atoms with Gasteiger partial charge in [0.05, 0.1) is 10.0 Å². The van der Waals surface area contributed by atoms with Gasteiger partial charge in [0.25, 0.3) is 0 Å². The predicted molar refractivity (Wildman–Crippen MR) is 72.5 cm³/mol. The maximum absolute atomic E-state index is 5.98. The van der Waals surface area contributed by atoms with Crippen LogP contribution in [0.15, 0.2) is 18.2 Å². The quantitative estimate of drug-likeness (QED) is 0.757. The van der Waals surface area contributed by atoms with Crippen LogP contribution in [0.5, 0.6) is 0 Å². The van der Waals surface area contributed by atoms with Crippen molar-refractivity contribution in [1.82, 2.24) is 5.32 Å². The van der Waals surface area contributed by atoms with Gasteiger partial charge in [0.1, 0.15) is 0 Å². The lowest BCUT2D eigenvalue weighted by molar-refractivity contribution is 0.511. The van der Waals surface area contributed by atoms with Crippen molar-refractivity contribution in [3.63, 3.8) is 0 Å². The van der Waals surface area contributed by atoms with Gasteiger partial charge in [-0.2, -0.15) is 0 Å². The van der Waals surface area contributed by atoms with Crippen molar-refractivity contribution in [2.75, 3.05) is 13.1 Å². The average molecular weight is 260 g/mol. The molecule has 0 saturated heterocycles. The summed E-state index contributed by atoms with van der Waals surface area (Å²) in [4.78, 5) is 0. The molecule has 0 aliphatic heterocycles. The highest BCUT2D eigenvalue weighted by molar-refractivity contribution is 6.42. The van der Waals surface area contributed by atoms with Crippen LogP contribution in [0.3, 0.4) is 0 Å². The number of benzene rings is 1. The van der Waals surface area contributed by atoms with E-state index in [4.69, 9.17) is 23.2 Å². The molecule has 16 heavy (non-hydrogen) atoms. The summed E-state index contributed by atoms with van der Waals surface area (Å²) >= 11 is 11.9. The second-order valence-electron chi connectivity index (χ2n) is 4.26. The second kappa shape index (κ2) is 7.16. The number of rotatable bonds is 6. The van der Waals surface area contributed by atoms with Crippen molar-refractivity contribution in [1.29, 1.82) is 0 Å². The van der Waals surface area contributed by atoms with E-state index >= 15 is 0 Å². The molecule has 3 heteroatoms. The highest BCUT2D eigenvalue weighted by Gasteiger charge is 2.05. The first-order chi connectivity index (χ1) is 7.63. The molecule has 1 nitrogen and oxygen atoms in total. The van der Waals surface area contributed by atoms with Gasteiger partial charge in [-0.15, -0.1) is 0 Å². The van der Waals surface area contributed by atoms with Crippen molar-refractivity contribution in [3.8, 4) is 0 Å². The largest absolute Gasteiger partial charge is 0.316 e. The first-order valence-electron chi connectivity index (χ1n) is 5.78. The average Bonchev–Trinajstić information content (AvgIpc) is 2.24. The molecule has 1 rings (SSSR count). The molecule has 0 heterocycles. The first-order valence-corrected chi connectivity index (χ1v) is 6.53. The molecule has 0 amide bonds. The minimum atomic E-state index is 0.615. The highest BCUT2D eigenvalue weighted by Crippen LogP contribution is 2.23. The van der Waals surface area contributed by atoms with Crippen LogP contribution < -0.4 is 5.32 Å². The van der Waals surface area contributed by atoms with Crippen LogP contribution in [0.4, 0.5) is 0 Å². The molecule has 0 spiro atoms. The van der Waals surface area contributed by atoms with Gasteiger partial charge in [-0.05, 0) is 49.5 Å². The zero-order valence-electron chi connectivity index (χ0n) is 9.89. The van der Waals surface area contributed by atoms with E-state index in [0.29, 0.717) is 16.0 Å². The molecule has 90 valence electrons. The van der Waals surface area contributed by atoms with E-state index in [1.165, 1.54) is 12.0 Å². The fourth-order valence-electron chi connectivity index (χ4n) is 1.67. The van der Waals surface area contributed by atoms with E-state index in [-0.39, 0.29) is 0 Å². The van der Waals surface area contributed by atoms with Crippen LogP contribution >= 0.6 is 23.2 Å². The molecule has 0 saturated carbocycles. The summed E-state index contributed by atoms with van der Waals surface area (Å²) in [5, 5.41) is 4.70. The molecule has 0 bridgehead atoms. The van der Waals surface area contributed by atoms with Crippen LogP contribution in [-0.2, 0) is 6.42 Å². The summed E-state index contributed by atoms with van der Waals surface area (Å²) < 4.78 is 0. The van der Waals surface area contributed by atoms with Gasteiger partial charge < -0.3 is 5.32 Å². The van der Waals surface area contributed by atoms with Crippen molar-refractivity contribution >= 4 is 23.2 Å². The zero-order chi connectivity index (χ0) is 12.0. The maximum Gasteiger partial charge on any atom is 0.0595 e. The van der Waals surface area contributed by atoms with Crippen LogP contribution in [0.2, 0.25) is 10.0 Å². The van der Waals surface area contributed by atoms with Gasteiger partial charge in [0.15, 0.2) is 0 Å². The Morgan fingerprint density at radius 3 is 2.62 bits per heavy atom. The summed E-state index contributed by atoms with van der Waals surface area (Å²) in [6.07, 6.45) is 2.22. The Kier molecular flexibility index (Phi) is 6.18. The zero-order valence-corrected chi connectivity index (χ0v) is 11.4. The highest BCUT2D eigenvalue weighted by atomic mass is 35.5. The number of nitrogens with one attached hydrogen (secondary N) is 1. The van der Waals surface area contributed by atoms with Crippen LogP contribution in [0.25, 0.3) is 0 Å². The van der Waals surface area contributed by atoms with E-state index in [2.05, 4.69) is 19.2 Å². The van der Waals surface area contributed by atoms with E-state index in [1.54, 1.807) is 0 Å². The Bertz CT molecular complexity index is 326. The van der Waals surface area contributed by atoms with Crippen molar-refractivity contribution in [2.24, 2.45) is 5.92 Å². The Morgan fingerprint density at radius 2 is 2.00 bits per heavy atom. The maximum atomic E-state index is 5.98. The van der Waals surface area contributed by atoms with Gasteiger partial charge in [-0.25, -0.2) is 0 Å². The van der Waals surface area contributed by atoms with Gasteiger partial charge in [0.2, 0.25) is 0 Å². The summed E-state index contributed by atoms with van der Waals surface area (Å²) in [7, 11) is 0. The predicted octanol–water partition coefficient (Wildman–Crippen LogP) is 4.17. The smallest absolute Gasteiger partial charge is 0.0595 e. The third-order valence-corrected chi connectivity index (χ3v) is 3.23. The molecule has 1 N–H and O–H groups in total. The standard InChI is InChI=1S/C13H19Cl2N/c1-3-6-16-9-10(2)7-11-4-5-12(14)13(15)8-11/h4-5,8,10,16H,3,6-7,9H2,1-2H3. The van der Waals surface area contributed by atoms with E-state index in [1.807, 2.05) is 18.2 Å². The molecule has 0 aromatic heterocycles. The minimum Gasteiger partial charge on any atom is -0.316 e. The lowest BCUT2D eigenvalue weighted by atomic mass is 10.0. The van der Waals surface area contributed by atoms with Gasteiger partial charge in [0, 0.05) is 0 Å². The Labute approximate surface area is 108 Å². The van der Waals surface area contributed by atoms with Crippen LogP contribution in [0, 0.1) is 5.92 Å². The third kappa shape index (κ3) is 4.73. The van der Waals surface area contributed by atoms with Crippen molar-refractivity contribution < 1.29 is 0 Å². The van der Waals surface area contributed by atoms with Crippen molar-refractivity contribution in [2.45, 2.75) is 26.7 Å². The number of hydrogen-bond donors (Lipinski definition) is 1. The van der Waals surface area contributed by atoms with Gasteiger partial charge in [-0.1, -0.05) is 43.1 Å². The Balaban J connectivity index is 2.43. The molecular weight excluding hydrogens is 241 g/mol. The topological polar surface area (TPSA) is 12.0 Å². The van der Waals surface area contributed by atoms with Crippen molar-refractivity contribution in [3.05, 3.63) is 33.8 Å². The van der Waals surface area contributed by atoms with E-state index in [0.717, 1.165) is 19.5 Å². The summed E-state index contributed by atoms with van der Waals surface area (Å²) in [6.45, 7) is 6.56. The molecule has 0 radical (unpaired) electrons. The molecule has 1 aromatic carbocycles. The molecule has 1 atom stereocenters. The molecule has 0 aliphatic rings. The number of halogens is 2. The monoisotopic (exact) mass is 259 g/mol. The number of hydrogen-bond acceptors (Lipinski definition) is 1. The lowest BCUT2D eigenvalue weighted by Gasteiger charge is -2.12. The summed E-state index contributed by atoms with van der Waals surface area (Å²) in [5.41, 5.74) is 1.25. The lowest BCUT2D eigenvalue weighted by Crippen LogP contribution is -2.23. The van der Waals surface area contributed by atoms with E-state index in [9.17, 15) is 0 Å². The second-order valence-corrected chi connectivity index (χ2v) is 5.08. The fraction of sp³-hybridized carbons (Fsp3) is 0.538. The van der Waals surface area contributed by atoms with Crippen LogP contribution in [0.1, 0.15) is 25.8 Å². The molecule has 1 unspecified atom stereocenters. The van der Waals surface area contributed by atoms with Crippen LogP contribution in [-0.4, -0.2) is 13.1 Å². The SMILES string of the molecule is CCCNCC(C)Cc1ccc(Cl)c(Cl)c1. The molecule has 0 fully saturated rings. The van der Waals surface area contributed by atoms with Gasteiger partial charge in [-0.3, -0.25) is 0 Å². The fourth-order valence-corrected chi connectivity index (χ4v) is 1.99. The van der Waals surface area contributed by atoms with Gasteiger partial charge >= 0.3 is 0 Å². The van der Waals surface area contributed by atoms with E-state index < -0.39 is 0 Å². The summed E-state index contributed by atoms with van der Waals surface area (Å²) in [6, 6.07) is 5.87. The minimum absolute atomic E-state index is 0.615. The normalized spacial score (nSPS) is 12.8. The molecule has 0 aliphatic carbocycles. The Hall–Kier alpha value is -0.240. The molecular formula is C13H19Cl2N. The summed E-state index contributed by atoms with van der Waals surface area (Å²) in [5.74, 6) is 0.615.